The first-order valence-corrected chi connectivity index (χ1v) is 13.4. The number of fused-ring (bicyclic) bond motifs is 1. The van der Waals surface area contributed by atoms with Crippen LogP contribution in [0.5, 0.6) is 0 Å². The van der Waals surface area contributed by atoms with E-state index in [1.807, 2.05) is 20.8 Å². The number of hydrogen-bond acceptors (Lipinski definition) is 2. The Morgan fingerprint density at radius 2 is 1.73 bits per heavy atom. The fourth-order valence-corrected chi connectivity index (χ4v) is 6.32. The molecule has 202 valence electrons. The van der Waals surface area contributed by atoms with E-state index in [9.17, 15) is 34.8 Å². The molecule has 4 nitrogen and oxygen atoms in total. The molecule has 0 aliphatic heterocycles. The van der Waals surface area contributed by atoms with Gasteiger partial charge in [0.1, 0.15) is 11.9 Å². The quantitative estimate of drug-likeness (QED) is 0.317. The molecule has 3 aromatic rings. The molecule has 0 saturated heterocycles. The standard InChI is InChI=1S/C26H28F6N2O2S/c1-25(2,3)14-34-13-20(23(24(28)29)33-37(35,36)17-5-4-6-17)19-9-7-15(11-22(19)34)18-10-8-16(27)12-21(18)26(30,31)32/h7-13,17,23-24,33H,4-6,14H2,1-3H3/t23-/m0/s1. The van der Waals surface area contributed by atoms with Crippen LogP contribution in [0.1, 0.15) is 57.2 Å². The van der Waals surface area contributed by atoms with Crippen molar-refractivity contribution in [2.45, 2.75) is 70.5 Å². The summed E-state index contributed by atoms with van der Waals surface area (Å²) in [4.78, 5) is 0. The van der Waals surface area contributed by atoms with Crippen LogP contribution < -0.4 is 4.72 Å². The third-order valence-electron chi connectivity index (χ3n) is 6.53. The molecule has 37 heavy (non-hydrogen) atoms. The van der Waals surface area contributed by atoms with Gasteiger partial charge in [-0.3, -0.25) is 0 Å². The molecule has 1 saturated carbocycles. The van der Waals surface area contributed by atoms with Crippen LogP contribution in [0.4, 0.5) is 26.3 Å². The molecule has 1 heterocycles. The highest BCUT2D eigenvalue weighted by Crippen LogP contribution is 2.40. The van der Waals surface area contributed by atoms with Gasteiger partial charge >= 0.3 is 6.18 Å². The average molecular weight is 547 g/mol. The molecule has 0 radical (unpaired) electrons. The van der Waals surface area contributed by atoms with Crippen molar-refractivity contribution in [1.29, 1.82) is 0 Å². The van der Waals surface area contributed by atoms with E-state index in [4.69, 9.17) is 0 Å². The summed E-state index contributed by atoms with van der Waals surface area (Å²) in [7, 11) is -3.99. The summed E-state index contributed by atoms with van der Waals surface area (Å²) in [6, 6.07) is 4.75. The second-order valence-electron chi connectivity index (χ2n) is 10.7. The van der Waals surface area contributed by atoms with E-state index in [1.165, 1.54) is 24.4 Å². The van der Waals surface area contributed by atoms with Gasteiger partial charge in [-0.25, -0.2) is 26.3 Å². The summed E-state index contributed by atoms with van der Waals surface area (Å²) < 4.78 is 112. The number of nitrogens with one attached hydrogen (secondary N) is 1. The maximum absolute atomic E-state index is 14.2. The van der Waals surface area contributed by atoms with Crippen molar-refractivity contribution in [3.8, 4) is 11.1 Å². The molecule has 11 heteroatoms. The number of rotatable bonds is 7. The summed E-state index contributed by atoms with van der Waals surface area (Å²) in [5, 5.41) is -0.423. The van der Waals surface area contributed by atoms with Gasteiger partial charge in [0.05, 0.1) is 10.8 Å². The first-order valence-electron chi connectivity index (χ1n) is 11.9. The van der Waals surface area contributed by atoms with Crippen molar-refractivity contribution < 1.29 is 34.8 Å². The van der Waals surface area contributed by atoms with Crippen LogP contribution in [0.15, 0.2) is 42.6 Å². The summed E-state index contributed by atoms with van der Waals surface area (Å²) in [5.41, 5.74) is -1.20. The Hall–Kier alpha value is -2.53. The van der Waals surface area contributed by atoms with Crippen LogP contribution in [0.25, 0.3) is 22.0 Å². The molecule has 1 aromatic heterocycles. The molecular formula is C26H28F6N2O2S. The van der Waals surface area contributed by atoms with Crippen LogP contribution >= 0.6 is 0 Å². The number of sulfonamides is 1. The zero-order valence-corrected chi connectivity index (χ0v) is 21.4. The van der Waals surface area contributed by atoms with E-state index in [2.05, 4.69) is 4.72 Å². The fraction of sp³-hybridized carbons (Fsp3) is 0.462. The van der Waals surface area contributed by atoms with Crippen LogP contribution in [-0.2, 0) is 22.7 Å². The molecule has 1 aliphatic rings. The topological polar surface area (TPSA) is 51.1 Å². The third kappa shape index (κ3) is 5.82. The van der Waals surface area contributed by atoms with E-state index in [0.717, 1.165) is 12.1 Å². The van der Waals surface area contributed by atoms with Crippen LogP contribution in [0, 0.1) is 11.2 Å². The predicted molar refractivity (Wildman–Crippen MR) is 130 cm³/mol. The Morgan fingerprint density at radius 3 is 2.27 bits per heavy atom. The maximum Gasteiger partial charge on any atom is 0.417 e. The highest BCUT2D eigenvalue weighted by atomic mass is 32.2. The highest BCUT2D eigenvalue weighted by molar-refractivity contribution is 7.90. The number of hydrogen-bond donors (Lipinski definition) is 1. The second-order valence-corrected chi connectivity index (χ2v) is 12.7. The van der Waals surface area contributed by atoms with Gasteiger partial charge in [0.15, 0.2) is 0 Å². The molecule has 1 N–H and O–H groups in total. The second kappa shape index (κ2) is 9.65. The number of benzene rings is 2. The predicted octanol–water partition coefficient (Wildman–Crippen LogP) is 7.29. The van der Waals surface area contributed by atoms with E-state index in [1.54, 1.807) is 4.57 Å². The lowest BCUT2D eigenvalue weighted by Gasteiger charge is -2.28. The Balaban J connectivity index is 1.88. The molecule has 0 spiro atoms. The molecule has 1 atom stereocenters. The third-order valence-corrected chi connectivity index (χ3v) is 8.46. The number of alkyl halides is 5. The van der Waals surface area contributed by atoms with Crippen molar-refractivity contribution in [3.63, 3.8) is 0 Å². The van der Waals surface area contributed by atoms with Gasteiger partial charge in [0.2, 0.25) is 10.0 Å². The van der Waals surface area contributed by atoms with Gasteiger partial charge in [0.25, 0.3) is 6.43 Å². The van der Waals surface area contributed by atoms with Crippen LogP contribution in [0.3, 0.4) is 0 Å². The number of aromatic nitrogens is 1. The van der Waals surface area contributed by atoms with Crippen LogP contribution in [0.2, 0.25) is 0 Å². The number of halogens is 6. The van der Waals surface area contributed by atoms with Gasteiger partial charge in [-0.2, -0.15) is 13.2 Å². The van der Waals surface area contributed by atoms with Crippen molar-refractivity contribution in [2.24, 2.45) is 5.41 Å². The van der Waals surface area contributed by atoms with Crippen molar-refractivity contribution in [2.75, 3.05) is 0 Å². The lowest BCUT2D eigenvalue weighted by Crippen LogP contribution is -2.42. The Kier molecular flexibility index (Phi) is 7.17. The van der Waals surface area contributed by atoms with Gasteiger partial charge in [-0.15, -0.1) is 0 Å². The summed E-state index contributed by atoms with van der Waals surface area (Å²) >= 11 is 0. The SMILES string of the molecule is CC(C)(C)Cn1cc([C@H](NS(=O)(=O)C2CCC2)C(F)F)c2ccc(-c3ccc(F)cc3C(F)(F)F)cc21. The van der Waals surface area contributed by atoms with Gasteiger partial charge in [-0.05, 0) is 47.6 Å². The minimum absolute atomic E-state index is 0.0406. The highest BCUT2D eigenvalue weighted by Gasteiger charge is 2.38. The first-order chi connectivity index (χ1) is 17.1. The molecule has 1 aliphatic carbocycles. The lowest BCUT2D eigenvalue weighted by atomic mass is 9.96. The Labute approximate surface area is 211 Å². The lowest BCUT2D eigenvalue weighted by molar-refractivity contribution is -0.137. The fourth-order valence-electron chi connectivity index (χ4n) is 4.59. The van der Waals surface area contributed by atoms with Crippen LogP contribution in [-0.4, -0.2) is 24.7 Å². The summed E-state index contributed by atoms with van der Waals surface area (Å²) in [5.74, 6) is -1.03. The van der Waals surface area contributed by atoms with E-state index < -0.39 is 45.3 Å². The first kappa shape index (κ1) is 27.5. The van der Waals surface area contributed by atoms with Gasteiger partial charge in [0, 0.05) is 29.2 Å². The molecule has 0 amide bonds. The molecule has 1 fully saturated rings. The van der Waals surface area contributed by atoms with E-state index >= 15 is 0 Å². The largest absolute Gasteiger partial charge is 0.417 e. The van der Waals surface area contributed by atoms with Crippen molar-refractivity contribution in [1.82, 2.24) is 9.29 Å². The molecular weight excluding hydrogens is 518 g/mol. The minimum Gasteiger partial charge on any atom is -0.347 e. The maximum atomic E-state index is 14.2. The summed E-state index contributed by atoms with van der Waals surface area (Å²) in [6.45, 7) is 6.06. The summed E-state index contributed by atoms with van der Waals surface area (Å²) in [6.07, 6.45) is -4.92. The van der Waals surface area contributed by atoms with Gasteiger partial charge in [-0.1, -0.05) is 45.4 Å². The molecule has 0 unspecified atom stereocenters. The molecule has 4 rings (SSSR count). The Bertz CT molecular complexity index is 1400. The zero-order chi connectivity index (χ0) is 27.3. The average Bonchev–Trinajstić information content (AvgIpc) is 3.05. The Morgan fingerprint density at radius 1 is 1.05 bits per heavy atom. The minimum atomic E-state index is -4.81. The van der Waals surface area contributed by atoms with E-state index in [-0.39, 0.29) is 22.1 Å². The monoisotopic (exact) mass is 546 g/mol. The van der Waals surface area contributed by atoms with E-state index in [0.29, 0.717) is 42.8 Å². The van der Waals surface area contributed by atoms with Crippen molar-refractivity contribution >= 4 is 20.9 Å². The number of nitrogens with zero attached hydrogens (tertiary/aromatic N) is 1. The van der Waals surface area contributed by atoms with Crippen molar-refractivity contribution in [3.05, 3.63) is 59.5 Å². The molecule has 0 bridgehead atoms. The van der Waals surface area contributed by atoms with Gasteiger partial charge < -0.3 is 4.57 Å². The smallest absolute Gasteiger partial charge is 0.347 e. The normalized spacial score (nSPS) is 16.4. The molecule has 2 aromatic carbocycles. The zero-order valence-electron chi connectivity index (χ0n) is 20.5.